The predicted molar refractivity (Wildman–Crippen MR) is 151 cm³/mol. The lowest BCUT2D eigenvalue weighted by atomic mass is 9.72. The Morgan fingerprint density at radius 2 is 1.15 bits per heavy atom. The van der Waals surface area contributed by atoms with Crippen LogP contribution in [0.25, 0.3) is 0 Å². The van der Waals surface area contributed by atoms with E-state index < -0.39 is 17.5 Å². The van der Waals surface area contributed by atoms with Gasteiger partial charge in [0.05, 0.1) is 22.3 Å². The summed E-state index contributed by atoms with van der Waals surface area (Å²) in [5.41, 5.74) is 2.67. The molecule has 0 radical (unpaired) electrons. The second-order valence-electron chi connectivity index (χ2n) is 10.4. The van der Waals surface area contributed by atoms with E-state index in [0.29, 0.717) is 53.5 Å². The van der Waals surface area contributed by atoms with Crippen LogP contribution in [0, 0.1) is 0 Å². The summed E-state index contributed by atoms with van der Waals surface area (Å²) < 4.78 is 6.38. The number of hydrogen-bond acceptors (Lipinski definition) is 5. The fraction of sp³-hybridized carbons (Fsp3) is 0.394. The minimum Gasteiger partial charge on any atom is -0.507 e. The SMILES string of the molecule is CCCc1ccc(CCC)c(C2(c3c(CCC)ccc(CCC)c3O)OC(=O)c3ccc(C(=O)O)cc32)c1O. The van der Waals surface area contributed by atoms with Gasteiger partial charge in [-0.15, -0.1) is 0 Å². The molecule has 0 aliphatic carbocycles. The number of ether oxygens (including phenoxy) is 1. The van der Waals surface area contributed by atoms with Gasteiger partial charge < -0.3 is 20.1 Å². The van der Waals surface area contributed by atoms with Crippen molar-refractivity contribution in [3.8, 4) is 11.5 Å². The van der Waals surface area contributed by atoms with Crippen LogP contribution in [-0.2, 0) is 36.0 Å². The second kappa shape index (κ2) is 11.5. The molecule has 39 heavy (non-hydrogen) atoms. The van der Waals surface area contributed by atoms with Crippen molar-refractivity contribution >= 4 is 11.9 Å². The number of carboxylic acid groups (broad SMARTS) is 1. The molecule has 0 unspecified atom stereocenters. The summed E-state index contributed by atoms with van der Waals surface area (Å²) in [6.45, 7) is 8.12. The first-order valence-electron chi connectivity index (χ1n) is 14.0. The van der Waals surface area contributed by atoms with Crippen molar-refractivity contribution in [2.24, 2.45) is 0 Å². The highest BCUT2D eigenvalue weighted by Gasteiger charge is 2.54. The molecule has 0 aromatic heterocycles. The Bertz CT molecular complexity index is 1340. The lowest BCUT2D eigenvalue weighted by molar-refractivity contribution is 0.0233. The molecule has 4 rings (SSSR count). The van der Waals surface area contributed by atoms with E-state index in [-0.39, 0.29) is 22.6 Å². The standard InChI is InChI=1S/C33H38O6/c1-5-9-20-13-15-22(11-7-3)29(34)27(20)33(26-19-24(31(36)37)17-18-25(26)32(38)39-33)28-21(10-6-2)14-16-23(12-8-4)30(28)35/h13-19,34-35H,5-12H2,1-4H3,(H,36,37). The first kappa shape index (κ1) is 28.2. The van der Waals surface area contributed by atoms with Crippen LogP contribution >= 0.6 is 0 Å². The summed E-state index contributed by atoms with van der Waals surface area (Å²) in [4.78, 5) is 25.7. The largest absolute Gasteiger partial charge is 0.507 e. The fourth-order valence-corrected chi connectivity index (χ4v) is 5.93. The highest BCUT2D eigenvalue weighted by Crippen LogP contribution is 2.55. The van der Waals surface area contributed by atoms with Gasteiger partial charge in [-0.25, -0.2) is 9.59 Å². The van der Waals surface area contributed by atoms with Crippen molar-refractivity contribution in [2.45, 2.75) is 84.7 Å². The smallest absolute Gasteiger partial charge is 0.340 e. The van der Waals surface area contributed by atoms with Crippen molar-refractivity contribution in [1.29, 1.82) is 0 Å². The first-order valence-corrected chi connectivity index (χ1v) is 14.0. The van der Waals surface area contributed by atoms with E-state index in [0.717, 1.165) is 36.8 Å². The van der Waals surface area contributed by atoms with Crippen LogP contribution in [0.1, 0.15) is 113 Å². The number of benzene rings is 3. The molecule has 3 N–H and O–H groups in total. The van der Waals surface area contributed by atoms with Gasteiger partial charge in [-0.2, -0.15) is 0 Å². The number of fused-ring (bicyclic) bond motifs is 1. The molecule has 206 valence electrons. The van der Waals surface area contributed by atoms with E-state index in [4.69, 9.17) is 4.74 Å². The third-order valence-corrected chi connectivity index (χ3v) is 7.59. The van der Waals surface area contributed by atoms with Gasteiger partial charge in [-0.05, 0) is 66.1 Å². The molecule has 6 nitrogen and oxygen atoms in total. The topological polar surface area (TPSA) is 104 Å². The van der Waals surface area contributed by atoms with Crippen molar-refractivity contribution in [1.82, 2.24) is 0 Å². The number of esters is 1. The van der Waals surface area contributed by atoms with E-state index in [1.54, 1.807) is 0 Å². The molecule has 6 heteroatoms. The Labute approximate surface area is 230 Å². The normalized spacial score (nSPS) is 13.8. The fourth-order valence-electron chi connectivity index (χ4n) is 5.93. The highest BCUT2D eigenvalue weighted by molar-refractivity contribution is 5.99. The van der Waals surface area contributed by atoms with Crippen LogP contribution in [0.4, 0.5) is 0 Å². The second-order valence-corrected chi connectivity index (χ2v) is 10.4. The number of carboxylic acids is 1. The Morgan fingerprint density at radius 1 is 0.718 bits per heavy atom. The van der Waals surface area contributed by atoms with E-state index >= 15 is 0 Å². The zero-order valence-corrected chi connectivity index (χ0v) is 23.3. The average Bonchev–Trinajstić information content (AvgIpc) is 3.19. The van der Waals surface area contributed by atoms with E-state index in [2.05, 4.69) is 0 Å². The molecule has 3 aromatic rings. The third kappa shape index (κ3) is 4.77. The van der Waals surface area contributed by atoms with Crippen LogP contribution in [0.3, 0.4) is 0 Å². The zero-order valence-electron chi connectivity index (χ0n) is 23.3. The van der Waals surface area contributed by atoms with Crippen molar-refractivity contribution in [3.05, 3.63) is 92.5 Å². The summed E-state index contributed by atoms with van der Waals surface area (Å²) in [6.07, 6.45) is 5.56. The molecular weight excluding hydrogens is 492 g/mol. The number of carbonyl (C=O) groups excluding carboxylic acids is 1. The molecule has 1 aliphatic rings. The van der Waals surface area contributed by atoms with E-state index in [1.807, 2.05) is 52.0 Å². The van der Waals surface area contributed by atoms with Crippen LogP contribution in [0.2, 0.25) is 0 Å². The number of cyclic esters (lactones) is 1. The predicted octanol–water partition coefficient (Wildman–Crippen LogP) is 7.07. The number of aromatic carboxylic acids is 1. The molecular formula is C33H38O6. The Balaban J connectivity index is 2.26. The van der Waals surface area contributed by atoms with Crippen molar-refractivity contribution < 1.29 is 29.6 Å². The molecule has 0 spiro atoms. The Morgan fingerprint density at radius 3 is 1.59 bits per heavy atom. The summed E-state index contributed by atoms with van der Waals surface area (Å²) in [5.74, 6) is -1.72. The lowest BCUT2D eigenvalue weighted by Crippen LogP contribution is -2.33. The number of aromatic hydroxyl groups is 2. The Hall–Kier alpha value is -3.80. The van der Waals surface area contributed by atoms with Gasteiger partial charge in [-0.1, -0.05) is 77.6 Å². The molecule has 0 saturated carbocycles. The minimum absolute atomic E-state index is 0.00101. The van der Waals surface area contributed by atoms with Crippen molar-refractivity contribution in [3.63, 3.8) is 0 Å². The number of rotatable bonds is 11. The quantitative estimate of drug-likeness (QED) is 0.229. The molecule has 0 atom stereocenters. The van der Waals surface area contributed by atoms with Crippen LogP contribution in [0.5, 0.6) is 11.5 Å². The van der Waals surface area contributed by atoms with Crippen LogP contribution < -0.4 is 0 Å². The summed E-state index contributed by atoms with van der Waals surface area (Å²) >= 11 is 0. The number of phenols is 2. The van der Waals surface area contributed by atoms with Gasteiger partial charge in [0.25, 0.3) is 0 Å². The number of carbonyl (C=O) groups is 2. The number of aryl methyl sites for hydroxylation is 4. The van der Waals surface area contributed by atoms with Crippen LogP contribution in [0.15, 0.2) is 42.5 Å². The van der Waals surface area contributed by atoms with E-state index in [1.165, 1.54) is 18.2 Å². The molecule has 0 saturated heterocycles. The molecule has 0 fully saturated rings. The lowest BCUT2D eigenvalue weighted by Gasteiger charge is -2.36. The first-order chi connectivity index (χ1) is 18.7. The monoisotopic (exact) mass is 530 g/mol. The third-order valence-electron chi connectivity index (χ3n) is 7.59. The average molecular weight is 531 g/mol. The highest BCUT2D eigenvalue weighted by atomic mass is 16.6. The van der Waals surface area contributed by atoms with Crippen molar-refractivity contribution in [2.75, 3.05) is 0 Å². The van der Waals surface area contributed by atoms with Gasteiger partial charge in [0.15, 0.2) is 5.60 Å². The zero-order chi connectivity index (χ0) is 28.3. The van der Waals surface area contributed by atoms with Gasteiger partial charge in [0.2, 0.25) is 0 Å². The molecule has 0 bridgehead atoms. The van der Waals surface area contributed by atoms with Gasteiger partial charge >= 0.3 is 11.9 Å². The maximum absolute atomic E-state index is 13.6. The summed E-state index contributed by atoms with van der Waals surface area (Å²) in [7, 11) is 0. The maximum atomic E-state index is 13.6. The minimum atomic E-state index is -1.71. The maximum Gasteiger partial charge on any atom is 0.340 e. The molecule has 3 aromatic carbocycles. The van der Waals surface area contributed by atoms with E-state index in [9.17, 15) is 24.9 Å². The summed E-state index contributed by atoms with van der Waals surface area (Å²) in [5, 5.41) is 33.7. The van der Waals surface area contributed by atoms with Gasteiger partial charge in [0, 0.05) is 5.56 Å². The van der Waals surface area contributed by atoms with Gasteiger partial charge in [0.1, 0.15) is 11.5 Å². The Kier molecular flexibility index (Phi) is 8.34. The number of hydrogen-bond donors (Lipinski definition) is 3. The van der Waals surface area contributed by atoms with Gasteiger partial charge in [-0.3, -0.25) is 0 Å². The molecule has 1 heterocycles. The molecule has 0 amide bonds. The number of phenolic OH excluding ortho intramolecular Hbond substituents is 2. The van der Waals surface area contributed by atoms with Crippen LogP contribution in [-0.4, -0.2) is 27.3 Å². The molecule has 1 aliphatic heterocycles. The summed E-state index contributed by atoms with van der Waals surface area (Å²) in [6, 6.07) is 12.1.